The van der Waals surface area contributed by atoms with Crippen LogP contribution in [-0.4, -0.2) is 36.8 Å². The van der Waals surface area contributed by atoms with Gasteiger partial charge in [-0.15, -0.1) is 0 Å². The van der Waals surface area contributed by atoms with Gasteiger partial charge in [0.25, 0.3) is 0 Å². The van der Waals surface area contributed by atoms with E-state index in [1.54, 1.807) is 0 Å². The van der Waals surface area contributed by atoms with E-state index in [-0.39, 0.29) is 11.9 Å². The van der Waals surface area contributed by atoms with Crippen LogP contribution in [0.4, 0.5) is 0 Å². The fourth-order valence-corrected chi connectivity index (χ4v) is 1.96. The van der Waals surface area contributed by atoms with Crippen LogP contribution in [0, 0.1) is 0 Å². The second kappa shape index (κ2) is 6.88. The molecule has 0 aliphatic rings. The van der Waals surface area contributed by atoms with Crippen LogP contribution in [0.25, 0.3) is 0 Å². The van der Waals surface area contributed by atoms with Crippen LogP contribution in [0.5, 0.6) is 0 Å². The highest BCUT2D eigenvalue weighted by Gasteiger charge is 2.08. The number of likely N-dealkylation sites (N-methyl/N-ethyl adjacent to an activating group) is 1. The minimum atomic E-state index is 0.245. The summed E-state index contributed by atoms with van der Waals surface area (Å²) in [6.45, 7) is 2.08. The predicted octanol–water partition coefficient (Wildman–Crippen LogP) is 1.97. The highest BCUT2D eigenvalue weighted by Crippen LogP contribution is 2.19. The molecule has 2 nitrogen and oxygen atoms in total. The van der Waals surface area contributed by atoms with E-state index in [1.807, 2.05) is 18.2 Å². The van der Waals surface area contributed by atoms with E-state index >= 15 is 0 Å². The molecule has 1 unspecified atom stereocenters. The van der Waals surface area contributed by atoms with Crippen molar-refractivity contribution in [3.63, 3.8) is 0 Å². The highest BCUT2D eigenvalue weighted by atomic mass is 32.1. The Morgan fingerprint density at radius 1 is 1.33 bits per heavy atom. The summed E-state index contributed by atoms with van der Waals surface area (Å²) in [5.74, 6) is 0. The van der Waals surface area contributed by atoms with Crippen LogP contribution < -0.4 is 0 Å². The smallest absolute Gasteiger partial charge is 0.0443 e. The van der Waals surface area contributed by atoms with Gasteiger partial charge in [-0.05, 0) is 19.0 Å². The molecule has 1 aromatic carbocycles. The normalized spacial score (nSPS) is 13.1. The first kappa shape index (κ1) is 12.6. The monoisotopic (exact) mass is 225 g/mol. The molecule has 0 spiro atoms. The molecule has 84 valence electrons. The number of aliphatic hydroxyl groups excluding tert-OH is 1. The quantitative estimate of drug-likeness (QED) is 0.723. The zero-order valence-electron chi connectivity index (χ0n) is 9.13. The van der Waals surface area contributed by atoms with E-state index in [0.29, 0.717) is 0 Å². The maximum Gasteiger partial charge on any atom is 0.0443 e. The second-order valence-corrected chi connectivity index (χ2v) is 4.39. The zero-order valence-corrected chi connectivity index (χ0v) is 10.0. The van der Waals surface area contributed by atoms with Crippen LogP contribution in [0.2, 0.25) is 0 Å². The number of nitrogens with zero attached hydrogens (tertiary/aromatic N) is 1. The van der Waals surface area contributed by atoms with Crippen molar-refractivity contribution in [2.45, 2.75) is 11.7 Å². The van der Waals surface area contributed by atoms with Crippen molar-refractivity contribution >= 4 is 12.6 Å². The maximum absolute atomic E-state index is 8.72. The summed E-state index contributed by atoms with van der Waals surface area (Å²) in [4.78, 5) is 2.20. The highest BCUT2D eigenvalue weighted by molar-refractivity contribution is 7.80. The minimum Gasteiger partial charge on any atom is -0.396 e. The molecule has 0 saturated heterocycles. The van der Waals surface area contributed by atoms with E-state index < -0.39 is 0 Å². The third-order valence-electron chi connectivity index (χ3n) is 2.37. The average molecular weight is 225 g/mol. The van der Waals surface area contributed by atoms with Crippen molar-refractivity contribution in [3.8, 4) is 0 Å². The number of rotatable bonds is 6. The van der Waals surface area contributed by atoms with E-state index in [0.717, 1.165) is 19.5 Å². The molecule has 1 N–H and O–H groups in total. The van der Waals surface area contributed by atoms with E-state index in [4.69, 9.17) is 5.11 Å². The van der Waals surface area contributed by atoms with Gasteiger partial charge in [-0.1, -0.05) is 30.3 Å². The van der Waals surface area contributed by atoms with Crippen molar-refractivity contribution in [1.82, 2.24) is 4.90 Å². The largest absolute Gasteiger partial charge is 0.396 e. The van der Waals surface area contributed by atoms with E-state index in [2.05, 4.69) is 36.7 Å². The standard InChI is InChI=1S/C12H19NOS/c1-13(8-5-9-14)10-12(15)11-6-3-2-4-7-11/h2-4,6-7,12,14-15H,5,8-10H2,1H3. The first-order chi connectivity index (χ1) is 7.24. The molecule has 0 heterocycles. The molecule has 0 saturated carbocycles. The molecule has 15 heavy (non-hydrogen) atoms. The van der Waals surface area contributed by atoms with Crippen LogP contribution in [-0.2, 0) is 0 Å². The molecule has 0 bridgehead atoms. The molecule has 1 atom stereocenters. The molecule has 1 rings (SSSR count). The summed E-state index contributed by atoms with van der Waals surface area (Å²) in [5.41, 5.74) is 1.25. The van der Waals surface area contributed by atoms with Crippen molar-refractivity contribution in [2.75, 3.05) is 26.7 Å². The predicted molar refractivity (Wildman–Crippen MR) is 67.4 cm³/mol. The molecule has 1 aromatic rings. The van der Waals surface area contributed by atoms with Gasteiger partial charge in [0.15, 0.2) is 0 Å². The fraction of sp³-hybridized carbons (Fsp3) is 0.500. The Balaban J connectivity index is 2.38. The molecule has 0 aromatic heterocycles. The average Bonchev–Trinajstić information content (AvgIpc) is 2.27. The lowest BCUT2D eigenvalue weighted by molar-refractivity contribution is 0.248. The van der Waals surface area contributed by atoms with Crippen molar-refractivity contribution in [3.05, 3.63) is 35.9 Å². The lowest BCUT2D eigenvalue weighted by Gasteiger charge is -2.20. The molecule has 0 amide bonds. The number of hydrogen-bond donors (Lipinski definition) is 2. The van der Waals surface area contributed by atoms with Crippen molar-refractivity contribution in [1.29, 1.82) is 0 Å². The van der Waals surface area contributed by atoms with Gasteiger partial charge in [-0.2, -0.15) is 12.6 Å². The van der Waals surface area contributed by atoms with Crippen LogP contribution in [0.3, 0.4) is 0 Å². The molecule has 0 fully saturated rings. The Morgan fingerprint density at radius 2 is 2.00 bits per heavy atom. The number of benzene rings is 1. The summed E-state index contributed by atoms with van der Waals surface area (Å²) in [7, 11) is 2.06. The topological polar surface area (TPSA) is 23.5 Å². The Labute approximate surface area is 97.3 Å². The zero-order chi connectivity index (χ0) is 11.1. The van der Waals surface area contributed by atoms with Crippen LogP contribution in [0.15, 0.2) is 30.3 Å². The first-order valence-electron chi connectivity index (χ1n) is 5.26. The van der Waals surface area contributed by atoms with Gasteiger partial charge in [0.1, 0.15) is 0 Å². The van der Waals surface area contributed by atoms with Gasteiger partial charge >= 0.3 is 0 Å². The summed E-state index contributed by atoms with van der Waals surface area (Å²) in [6.07, 6.45) is 0.825. The summed E-state index contributed by atoms with van der Waals surface area (Å²) < 4.78 is 0. The Morgan fingerprint density at radius 3 is 2.60 bits per heavy atom. The van der Waals surface area contributed by atoms with Crippen LogP contribution in [0.1, 0.15) is 17.2 Å². The Kier molecular flexibility index (Phi) is 5.76. The lowest BCUT2D eigenvalue weighted by atomic mass is 10.1. The summed E-state index contributed by atoms with van der Waals surface area (Å²) in [6, 6.07) is 10.3. The number of aliphatic hydroxyl groups is 1. The summed E-state index contributed by atoms with van der Waals surface area (Å²) in [5, 5.41) is 8.97. The van der Waals surface area contributed by atoms with Gasteiger partial charge in [-0.3, -0.25) is 0 Å². The second-order valence-electron chi connectivity index (χ2n) is 3.77. The third kappa shape index (κ3) is 4.69. The molecular formula is C12H19NOS. The van der Waals surface area contributed by atoms with Gasteiger partial charge in [0.05, 0.1) is 0 Å². The van der Waals surface area contributed by atoms with E-state index in [1.165, 1.54) is 5.56 Å². The summed E-state index contributed by atoms with van der Waals surface area (Å²) >= 11 is 4.58. The van der Waals surface area contributed by atoms with Crippen molar-refractivity contribution in [2.24, 2.45) is 0 Å². The van der Waals surface area contributed by atoms with Gasteiger partial charge < -0.3 is 10.0 Å². The molecule has 0 aliphatic carbocycles. The first-order valence-corrected chi connectivity index (χ1v) is 5.78. The third-order valence-corrected chi connectivity index (χ3v) is 2.83. The van der Waals surface area contributed by atoms with Gasteiger partial charge in [0, 0.05) is 24.9 Å². The fourth-order valence-electron chi connectivity index (χ4n) is 1.51. The molecule has 0 aliphatic heterocycles. The minimum absolute atomic E-state index is 0.245. The maximum atomic E-state index is 8.72. The lowest BCUT2D eigenvalue weighted by Crippen LogP contribution is -2.24. The Hall–Kier alpha value is -0.510. The number of thiol groups is 1. The molecular weight excluding hydrogens is 206 g/mol. The van der Waals surface area contributed by atoms with Gasteiger partial charge in [-0.25, -0.2) is 0 Å². The van der Waals surface area contributed by atoms with Crippen molar-refractivity contribution < 1.29 is 5.11 Å². The SMILES string of the molecule is CN(CCCO)CC(S)c1ccccc1. The van der Waals surface area contributed by atoms with Crippen LogP contribution >= 0.6 is 12.6 Å². The number of hydrogen-bond acceptors (Lipinski definition) is 3. The Bertz CT molecular complexity index is 266. The van der Waals surface area contributed by atoms with Gasteiger partial charge in [0.2, 0.25) is 0 Å². The molecule has 0 radical (unpaired) electrons. The van der Waals surface area contributed by atoms with E-state index in [9.17, 15) is 0 Å². The molecule has 3 heteroatoms.